The van der Waals surface area contributed by atoms with Gasteiger partial charge in [0.15, 0.2) is 0 Å². The zero-order valence-electron chi connectivity index (χ0n) is 11.0. The number of nitrogens with zero attached hydrogens (tertiary/aromatic N) is 1. The SMILES string of the molecule is C1=CONP=C1.O=P1(NCCCl)OCCCN1CCCl. The van der Waals surface area contributed by atoms with Gasteiger partial charge in [0.1, 0.15) is 6.26 Å². The van der Waals surface area contributed by atoms with Gasteiger partial charge in [-0.3, -0.25) is 4.57 Å². The van der Waals surface area contributed by atoms with Crippen LogP contribution < -0.4 is 10.3 Å². The normalized spacial score (nSPS) is 26.5. The Labute approximate surface area is 131 Å². The molecule has 0 aromatic carbocycles. The summed E-state index contributed by atoms with van der Waals surface area (Å²) in [5.41, 5.74) is 0. The summed E-state index contributed by atoms with van der Waals surface area (Å²) in [6.45, 7) is 2.36. The number of halogens is 2. The van der Waals surface area contributed by atoms with E-state index in [1.54, 1.807) is 10.9 Å². The molecule has 0 aromatic rings. The lowest BCUT2D eigenvalue weighted by atomic mass is 10.4. The molecule has 0 radical (unpaired) electrons. The van der Waals surface area contributed by atoms with Gasteiger partial charge in [-0.15, -0.1) is 28.5 Å². The third-order valence-corrected chi connectivity index (χ3v) is 5.55. The molecule has 0 bridgehead atoms. The van der Waals surface area contributed by atoms with Crippen LogP contribution in [0.5, 0.6) is 0 Å². The van der Waals surface area contributed by atoms with Crippen molar-refractivity contribution in [2.45, 2.75) is 6.42 Å². The van der Waals surface area contributed by atoms with Crippen LogP contribution >= 0.6 is 39.2 Å². The van der Waals surface area contributed by atoms with Crippen molar-refractivity contribution in [2.24, 2.45) is 0 Å². The lowest BCUT2D eigenvalue weighted by Crippen LogP contribution is -2.36. The summed E-state index contributed by atoms with van der Waals surface area (Å²) in [5.74, 6) is 2.82. The van der Waals surface area contributed by atoms with E-state index < -0.39 is 7.67 Å². The van der Waals surface area contributed by atoms with Crippen LogP contribution in [0.4, 0.5) is 0 Å². The van der Waals surface area contributed by atoms with Crippen LogP contribution in [0.25, 0.3) is 0 Å². The molecule has 2 N–H and O–H groups in total. The molecular weight excluding hydrogens is 343 g/mol. The lowest BCUT2D eigenvalue weighted by molar-refractivity contribution is 0.203. The van der Waals surface area contributed by atoms with E-state index in [0.717, 1.165) is 21.3 Å². The molecule has 2 heterocycles. The van der Waals surface area contributed by atoms with Gasteiger partial charge < -0.3 is 9.36 Å². The van der Waals surface area contributed by atoms with Crippen LogP contribution in [0, 0.1) is 0 Å². The molecule has 0 amide bonds. The zero-order valence-corrected chi connectivity index (χ0v) is 14.3. The molecule has 20 heavy (non-hydrogen) atoms. The largest absolute Gasteiger partial charge is 0.408 e. The Morgan fingerprint density at radius 2 is 2.30 bits per heavy atom. The average Bonchev–Trinajstić information content (AvgIpc) is 2.50. The highest BCUT2D eigenvalue weighted by Gasteiger charge is 2.33. The highest BCUT2D eigenvalue weighted by Crippen LogP contribution is 2.48. The van der Waals surface area contributed by atoms with Gasteiger partial charge >= 0.3 is 7.67 Å². The van der Waals surface area contributed by atoms with Gasteiger partial charge in [-0.25, -0.2) is 9.76 Å². The van der Waals surface area contributed by atoms with Crippen LogP contribution in [0.15, 0.2) is 12.3 Å². The number of hydrogen-bond donors (Lipinski definition) is 2. The lowest BCUT2D eigenvalue weighted by Gasteiger charge is -2.34. The van der Waals surface area contributed by atoms with Crippen LogP contribution in [-0.2, 0) is 13.9 Å². The van der Waals surface area contributed by atoms with E-state index in [-0.39, 0.29) is 0 Å². The maximum atomic E-state index is 12.2. The first-order valence-corrected chi connectivity index (χ1v) is 9.80. The zero-order chi connectivity index (χ0) is 14.7. The molecule has 2 aliphatic heterocycles. The van der Waals surface area contributed by atoms with Crippen LogP contribution in [-0.4, -0.2) is 48.5 Å². The summed E-state index contributed by atoms with van der Waals surface area (Å²) in [4.78, 5) is 4.60. The highest BCUT2D eigenvalue weighted by molar-refractivity contribution is 7.54. The molecule has 0 spiro atoms. The Kier molecular flexibility index (Phi) is 10.1. The van der Waals surface area contributed by atoms with Crippen LogP contribution in [0.3, 0.4) is 0 Å². The summed E-state index contributed by atoms with van der Waals surface area (Å²) in [6, 6.07) is 0. The minimum atomic E-state index is -2.84. The average molecular weight is 362 g/mol. The monoisotopic (exact) mass is 361 g/mol. The Balaban J connectivity index is 0.000000276. The number of nitrogens with one attached hydrogen (secondary N) is 2. The predicted molar refractivity (Wildman–Crippen MR) is 85.5 cm³/mol. The summed E-state index contributed by atoms with van der Waals surface area (Å²) < 4.78 is 19.2. The number of alkyl halides is 2. The third kappa shape index (κ3) is 6.88. The van der Waals surface area contributed by atoms with E-state index in [2.05, 4.69) is 15.2 Å². The van der Waals surface area contributed by atoms with Gasteiger partial charge in [0, 0.05) is 39.7 Å². The minimum absolute atomic E-state index is 0.419. The van der Waals surface area contributed by atoms with E-state index in [9.17, 15) is 4.57 Å². The van der Waals surface area contributed by atoms with Crippen molar-refractivity contribution < 1.29 is 13.9 Å². The first kappa shape index (κ1) is 18.4. The second-order valence-electron chi connectivity index (χ2n) is 3.76. The van der Waals surface area contributed by atoms with E-state index in [4.69, 9.17) is 27.7 Å². The van der Waals surface area contributed by atoms with Crippen molar-refractivity contribution >= 4 is 45.0 Å². The van der Waals surface area contributed by atoms with Crippen molar-refractivity contribution in [1.29, 1.82) is 0 Å². The Hall–Kier alpha value is 0.360. The van der Waals surface area contributed by atoms with Crippen molar-refractivity contribution in [1.82, 2.24) is 15.0 Å². The molecule has 1 atom stereocenters. The topological polar surface area (TPSA) is 62.8 Å². The molecule has 1 saturated heterocycles. The molecule has 0 aliphatic carbocycles. The number of hydrogen-bond acceptors (Lipinski definition) is 4. The Morgan fingerprint density at radius 1 is 1.45 bits per heavy atom. The van der Waals surface area contributed by atoms with E-state index in [1.165, 1.54) is 0 Å². The van der Waals surface area contributed by atoms with Crippen molar-refractivity contribution in [3.63, 3.8) is 0 Å². The molecular formula is C10H19Cl2N3O3P2. The van der Waals surface area contributed by atoms with Crippen molar-refractivity contribution in [3.05, 3.63) is 12.3 Å². The van der Waals surface area contributed by atoms with E-state index >= 15 is 0 Å². The van der Waals surface area contributed by atoms with E-state index in [1.807, 2.05) is 11.9 Å². The fraction of sp³-hybridized carbons (Fsp3) is 0.700. The maximum absolute atomic E-state index is 12.2. The minimum Gasteiger partial charge on any atom is -0.408 e. The molecule has 2 rings (SSSR count). The summed E-state index contributed by atoms with van der Waals surface area (Å²) in [6.07, 6.45) is 4.33. The molecule has 116 valence electrons. The second kappa shape index (κ2) is 11.0. The maximum Gasteiger partial charge on any atom is 0.343 e. The highest BCUT2D eigenvalue weighted by atomic mass is 35.5. The predicted octanol–water partition coefficient (Wildman–Crippen LogP) is 2.58. The fourth-order valence-corrected chi connectivity index (χ4v) is 4.41. The quantitative estimate of drug-likeness (QED) is 0.579. The fourth-order valence-electron chi connectivity index (χ4n) is 1.53. The molecule has 6 nitrogen and oxygen atoms in total. The summed E-state index contributed by atoms with van der Waals surface area (Å²) >= 11 is 11.1. The third-order valence-electron chi connectivity index (χ3n) is 2.36. The van der Waals surface area contributed by atoms with Gasteiger partial charge in [0.05, 0.1) is 6.61 Å². The van der Waals surface area contributed by atoms with Gasteiger partial charge in [-0.2, -0.15) is 0 Å². The first-order valence-electron chi connectivity index (χ1n) is 6.19. The standard InChI is InChI=1S/C7H15Cl2N2O2P.C3H4NOP/c8-2-4-10-14(12)11(6-3-9)5-1-7-13-14;1-2-5-4-6-3-1/h1-7H2,(H,10,12);1-4H. The molecule has 1 fully saturated rings. The smallest absolute Gasteiger partial charge is 0.343 e. The first-order chi connectivity index (χ1) is 9.73. The molecule has 0 aromatic heterocycles. The Bertz CT molecular complexity index is 358. The van der Waals surface area contributed by atoms with E-state index in [0.29, 0.717) is 31.5 Å². The Morgan fingerprint density at radius 3 is 2.80 bits per heavy atom. The van der Waals surface area contributed by atoms with Crippen molar-refractivity contribution in [2.75, 3.05) is 38.0 Å². The molecule has 1 unspecified atom stereocenters. The van der Waals surface area contributed by atoms with Crippen LogP contribution in [0.1, 0.15) is 6.42 Å². The summed E-state index contributed by atoms with van der Waals surface area (Å²) in [5, 5.41) is 5.47. The van der Waals surface area contributed by atoms with Gasteiger partial charge in [-0.05, 0) is 18.3 Å². The van der Waals surface area contributed by atoms with Gasteiger partial charge in [-0.1, -0.05) is 0 Å². The van der Waals surface area contributed by atoms with Gasteiger partial charge in [0.2, 0.25) is 0 Å². The second-order valence-corrected chi connectivity index (χ2v) is 7.44. The molecule has 0 saturated carbocycles. The number of allylic oxidation sites excluding steroid dienone is 1. The summed E-state index contributed by atoms with van der Waals surface area (Å²) in [7, 11) is -1.83. The molecule has 2 aliphatic rings. The van der Waals surface area contributed by atoms with Crippen LogP contribution in [0.2, 0.25) is 0 Å². The van der Waals surface area contributed by atoms with Crippen molar-refractivity contribution in [3.8, 4) is 0 Å². The molecule has 10 heteroatoms. The van der Waals surface area contributed by atoms with Gasteiger partial charge in [0.25, 0.3) is 0 Å². The number of rotatable bonds is 5.